The van der Waals surface area contributed by atoms with Crippen molar-refractivity contribution >= 4 is 12.0 Å². The lowest BCUT2D eigenvalue weighted by atomic mass is 9.79. The Balaban J connectivity index is 1.52. The maximum absolute atomic E-state index is 11.8. The van der Waals surface area contributed by atoms with Crippen molar-refractivity contribution in [3.8, 4) is 0 Å². The normalized spacial score (nSPS) is 26.5. The van der Waals surface area contributed by atoms with Crippen molar-refractivity contribution < 1.29 is 14.1 Å². The molecule has 0 spiro atoms. The van der Waals surface area contributed by atoms with Gasteiger partial charge in [-0.2, -0.15) is 4.98 Å². The Bertz CT molecular complexity index is 521. The first kappa shape index (κ1) is 16.2. The number of carbonyl (C=O) groups excluding carboxylic acids is 1. The molecular formula is C16H26N4O3. The number of hydrogen-bond acceptors (Lipinski definition) is 6. The molecule has 3 aliphatic rings. The second-order valence-corrected chi connectivity index (χ2v) is 6.61. The fraction of sp³-hybridized carbons (Fsp3) is 0.812. The van der Waals surface area contributed by atoms with Gasteiger partial charge in [-0.1, -0.05) is 26.7 Å². The van der Waals surface area contributed by atoms with Gasteiger partial charge in [0.1, 0.15) is 0 Å². The van der Waals surface area contributed by atoms with Gasteiger partial charge in [0.05, 0.1) is 12.5 Å². The van der Waals surface area contributed by atoms with Gasteiger partial charge in [-0.05, 0) is 42.9 Å². The number of nitrogens with one attached hydrogen (secondary N) is 1. The molecule has 7 heteroatoms. The van der Waals surface area contributed by atoms with E-state index in [1.54, 1.807) is 0 Å². The molecular weight excluding hydrogens is 296 g/mol. The van der Waals surface area contributed by atoms with Gasteiger partial charge >= 0.3 is 6.09 Å². The van der Waals surface area contributed by atoms with E-state index in [1.165, 1.54) is 25.9 Å². The largest absolute Gasteiger partial charge is 0.449 e. The molecule has 1 aromatic heterocycles. The predicted molar refractivity (Wildman–Crippen MR) is 85.2 cm³/mol. The van der Waals surface area contributed by atoms with Crippen LogP contribution >= 0.6 is 0 Å². The second kappa shape index (κ2) is 7.29. The van der Waals surface area contributed by atoms with Gasteiger partial charge in [0.2, 0.25) is 5.89 Å². The van der Waals surface area contributed by atoms with Crippen molar-refractivity contribution in [2.45, 2.75) is 45.4 Å². The van der Waals surface area contributed by atoms with Gasteiger partial charge in [-0.15, -0.1) is 0 Å². The first-order chi connectivity index (χ1) is 11.2. The van der Waals surface area contributed by atoms with Crippen molar-refractivity contribution in [2.75, 3.05) is 31.6 Å². The van der Waals surface area contributed by atoms with E-state index in [2.05, 4.69) is 34.2 Å². The van der Waals surface area contributed by atoms with Crippen LogP contribution in [0.2, 0.25) is 0 Å². The second-order valence-electron chi connectivity index (χ2n) is 6.61. The SMILES string of the molecule is CCC(CC)COC(=O)Nc1noc(C2CN3CCC2CC3)n1. The lowest BCUT2D eigenvalue weighted by Gasteiger charge is -2.43. The minimum absolute atomic E-state index is 0.200. The summed E-state index contributed by atoms with van der Waals surface area (Å²) < 4.78 is 10.6. The van der Waals surface area contributed by atoms with Crippen LogP contribution in [0.4, 0.5) is 10.7 Å². The summed E-state index contributed by atoms with van der Waals surface area (Å²) in [6, 6.07) is 0. The van der Waals surface area contributed by atoms with Crippen LogP contribution in [0.1, 0.15) is 51.3 Å². The topological polar surface area (TPSA) is 80.5 Å². The van der Waals surface area contributed by atoms with E-state index in [0.29, 0.717) is 30.3 Å². The number of carbonyl (C=O) groups is 1. The Morgan fingerprint density at radius 1 is 1.39 bits per heavy atom. The highest BCUT2D eigenvalue weighted by Gasteiger charge is 2.38. The highest BCUT2D eigenvalue weighted by molar-refractivity contribution is 5.82. The molecule has 3 aliphatic heterocycles. The van der Waals surface area contributed by atoms with E-state index in [1.807, 2.05) is 0 Å². The lowest BCUT2D eigenvalue weighted by molar-refractivity contribution is 0.0727. The van der Waals surface area contributed by atoms with Crippen molar-refractivity contribution in [1.29, 1.82) is 0 Å². The van der Waals surface area contributed by atoms with E-state index >= 15 is 0 Å². The van der Waals surface area contributed by atoms with E-state index < -0.39 is 6.09 Å². The van der Waals surface area contributed by atoms with E-state index in [9.17, 15) is 4.79 Å². The number of hydrogen-bond donors (Lipinski definition) is 1. The predicted octanol–water partition coefficient (Wildman–Crippen LogP) is 2.86. The van der Waals surface area contributed by atoms with Crippen LogP contribution in [0.15, 0.2) is 4.52 Å². The summed E-state index contributed by atoms with van der Waals surface area (Å²) >= 11 is 0. The highest BCUT2D eigenvalue weighted by Crippen LogP contribution is 2.38. The molecule has 1 atom stereocenters. The molecule has 128 valence electrons. The average molecular weight is 322 g/mol. The van der Waals surface area contributed by atoms with Crippen LogP contribution in [0.3, 0.4) is 0 Å². The highest BCUT2D eigenvalue weighted by atomic mass is 16.5. The van der Waals surface area contributed by atoms with Gasteiger partial charge in [-0.25, -0.2) is 4.79 Å². The monoisotopic (exact) mass is 322 g/mol. The summed E-state index contributed by atoms with van der Waals surface area (Å²) in [5.74, 6) is 2.14. The number of nitrogens with zero attached hydrogens (tertiary/aromatic N) is 3. The van der Waals surface area contributed by atoms with Crippen LogP contribution in [-0.4, -0.2) is 47.4 Å². The number of aromatic nitrogens is 2. The first-order valence-electron chi connectivity index (χ1n) is 8.69. The fourth-order valence-electron chi connectivity index (χ4n) is 3.53. The standard InChI is InChI=1S/C16H26N4O3/c1-3-11(4-2)10-22-16(21)18-15-17-14(23-19-15)13-9-20-7-5-12(13)6-8-20/h11-13H,3-10H2,1-2H3,(H,18,19,21). The molecule has 1 N–H and O–H groups in total. The zero-order valence-corrected chi connectivity index (χ0v) is 14.0. The zero-order valence-electron chi connectivity index (χ0n) is 14.0. The van der Waals surface area contributed by atoms with E-state index in [-0.39, 0.29) is 5.95 Å². The minimum Gasteiger partial charge on any atom is -0.449 e. The Kier molecular flexibility index (Phi) is 5.15. The minimum atomic E-state index is -0.516. The zero-order chi connectivity index (χ0) is 16.2. The van der Waals surface area contributed by atoms with Gasteiger partial charge in [-0.3, -0.25) is 5.32 Å². The molecule has 2 bridgehead atoms. The number of fused-ring (bicyclic) bond motifs is 3. The third-order valence-electron chi connectivity index (χ3n) is 5.23. The number of amides is 1. The summed E-state index contributed by atoms with van der Waals surface area (Å²) in [5.41, 5.74) is 0. The van der Waals surface area contributed by atoms with Crippen LogP contribution in [-0.2, 0) is 4.74 Å². The Morgan fingerprint density at radius 3 is 2.74 bits per heavy atom. The number of piperidine rings is 3. The van der Waals surface area contributed by atoms with Crippen LogP contribution in [0.25, 0.3) is 0 Å². The molecule has 1 unspecified atom stereocenters. The molecule has 0 aromatic carbocycles. The maximum Gasteiger partial charge on any atom is 0.414 e. The molecule has 3 fully saturated rings. The number of anilines is 1. The molecule has 1 aromatic rings. The average Bonchev–Trinajstić information content (AvgIpc) is 3.05. The summed E-state index contributed by atoms with van der Waals surface area (Å²) in [5, 5.41) is 6.42. The smallest absolute Gasteiger partial charge is 0.414 e. The fourth-order valence-corrected chi connectivity index (χ4v) is 3.53. The maximum atomic E-state index is 11.8. The van der Waals surface area contributed by atoms with Gasteiger partial charge in [0, 0.05) is 6.54 Å². The summed E-state index contributed by atoms with van der Waals surface area (Å²) in [6.07, 6.45) is 3.85. The van der Waals surface area contributed by atoms with Crippen molar-refractivity contribution in [1.82, 2.24) is 15.0 Å². The van der Waals surface area contributed by atoms with E-state index in [0.717, 1.165) is 19.4 Å². The molecule has 7 nitrogen and oxygen atoms in total. The third kappa shape index (κ3) is 3.83. The molecule has 4 heterocycles. The summed E-state index contributed by atoms with van der Waals surface area (Å²) in [7, 11) is 0. The lowest BCUT2D eigenvalue weighted by Crippen LogP contribution is -2.46. The molecule has 0 saturated carbocycles. The van der Waals surface area contributed by atoms with Crippen LogP contribution in [0, 0.1) is 11.8 Å². The molecule has 3 saturated heterocycles. The molecule has 1 amide bonds. The molecule has 4 rings (SSSR count). The number of ether oxygens (including phenoxy) is 1. The Hall–Kier alpha value is -1.63. The van der Waals surface area contributed by atoms with Gasteiger partial charge in [0.15, 0.2) is 0 Å². The quantitative estimate of drug-likeness (QED) is 0.867. The number of rotatable bonds is 6. The molecule has 0 aliphatic carbocycles. The van der Waals surface area contributed by atoms with Gasteiger partial charge < -0.3 is 14.2 Å². The molecule has 23 heavy (non-hydrogen) atoms. The van der Waals surface area contributed by atoms with Gasteiger partial charge in [0.25, 0.3) is 5.95 Å². The first-order valence-corrected chi connectivity index (χ1v) is 8.69. The van der Waals surface area contributed by atoms with Crippen LogP contribution < -0.4 is 5.32 Å². The summed E-state index contributed by atoms with van der Waals surface area (Å²) in [4.78, 5) is 18.6. The van der Waals surface area contributed by atoms with E-state index in [4.69, 9.17) is 9.26 Å². The van der Waals surface area contributed by atoms with Crippen LogP contribution in [0.5, 0.6) is 0 Å². The van der Waals surface area contributed by atoms with Crippen molar-refractivity contribution in [2.24, 2.45) is 11.8 Å². The molecule has 0 radical (unpaired) electrons. The Morgan fingerprint density at radius 2 is 2.13 bits per heavy atom. The van der Waals surface area contributed by atoms with Crippen molar-refractivity contribution in [3.05, 3.63) is 5.89 Å². The Labute approximate surface area is 136 Å². The van der Waals surface area contributed by atoms with Crippen molar-refractivity contribution in [3.63, 3.8) is 0 Å². The summed E-state index contributed by atoms with van der Waals surface area (Å²) in [6.45, 7) is 7.92. The third-order valence-corrected chi connectivity index (χ3v) is 5.23.